The van der Waals surface area contributed by atoms with Crippen LogP contribution in [0.2, 0.25) is 0 Å². The van der Waals surface area contributed by atoms with Crippen LogP contribution in [0.3, 0.4) is 0 Å². The molecule has 3 aliphatic heterocycles. The van der Waals surface area contributed by atoms with E-state index in [1.54, 1.807) is 49.7 Å². The molecule has 3 heterocycles. The number of aliphatic hydroxyl groups excluding tert-OH is 1. The van der Waals surface area contributed by atoms with Crippen molar-refractivity contribution in [3.05, 3.63) is 143 Å². The van der Waals surface area contributed by atoms with E-state index in [1.807, 2.05) is 68.4 Å². The summed E-state index contributed by atoms with van der Waals surface area (Å²) in [5, 5.41) is 20.5. The molecule has 0 saturated carbocycles. The van der Waals surface area contributed by atoms with E-state index >= 15 is 0 Å². The fraction of sp³-hybridized carbons (Fsp3) is 0.340. The van der Waals surface area contributed by atoms with E-state index in [0.29, 0.717) is 49.2 Å². The van der Waals surface area contributed by atoms with Gasteiger partial charge in [0.05, 0.1) is 24.4 Å². The Bertz CT molecular complexity index is 2630. The maximum absolute atomic E-state index is 14.1. The zero-order valence-corrected chi connectivity index (χ0v) is 39.5. The van der Waals surface area contributed by atoms with Gasteiger partial charge in [0.15, 0.2) is 6.23 Å². The number of hydrogen-bond acceptors (Lipinski definition) is 11. The molecule has 17 nitrogen and oxygen atoms in total. The average Bonchev–Trinajstić information content (AvgIpc) is 3.93. The molecule has 0 aliphatic carbocycles. The van der Waals surface area contributed by atoms with Crippen LogP contribution < -0.4 is 31.3 Å². The van der Waals surface area contributed by atoms with Crippen LogP contribution >= 0.6 is 0 Å². The van der Waals surface area contributed by atoms with Gasteiger partial charge in [-0.3, -0.25) is 33.7 Å². The Kier molecular flexibility index (Phi) is 16.6. The number of nitrogens with zero attached hydrogens (tertiary/aromatic N) is 3. The molecule has 0 spiro atoms. The topological polar surface area (TPSA) is 230 Å². The third kappa shape index (κ3) is 12.1. The van der Waals surface area contributed by atoms with Crippen LogP contribution in [-0.2, 0) is 41.7 Å². The number of methoxy groups -OCH3 is 1. The Morgan fingerprint density at radius 2 is 1.50 bits per heavy atom. The highest BCUT2D eigenvalue weighted by molar-refractivity contribution is 6.13. The molecule has 4 aromatic carbocycles. The van der Waals surface area contributed by atoms with Gasteiger partial charge in [-0.25, -0.2) is 9.69 Å². The van der Waals surface area contributed by atoms with Gasteiger partial charge in [-0.2, -0.15) is 0 Å². The summed E-state index contributed by atoms with van der Waals surface area (Å²) in [6.07, 6.45) is 4.51. The normalized spacial score (nSPS) is 17.0. The van der Waals surface area contributed by atoms with Gasteiger partial charge in [0, 0.05) is 43.4 Å². The number of benzene rings is 4. The second kappa shape index (κ2) is 23.1. The second-order valence-corrected chi connectivity index (χ2v) is 17.6. The Labute approximate surface area is 406 Å². The standard InChI is InChI=1S/C53H59N7O10/c1-33-27-41-44(28-34(33)2)60(52(67)45-30-38(31-59(45)51(41)66)37-17-21-40(69-3)22-18-37)53(68)70-32-36-15-19-39(20-16-36)55-49(64)42(13-7-9-25-54)57-50(65)43(29-35-11-5-4-6-12-35)56-46(61)14-8-10-26-58-47(62)23-24-48(58)63/h4-6,11-12,15-24,27-28,31,42-43,45,52,67H,7-10,13-14,25-26,29-30,32,54H2,1-3H3,(H,55,64)(H,56,61)(H,57,65)/t42-,43-,45-,52-/m0/s1. The highest BCUT2D eigenvalue weighted by atomic mass is 16.6. The number of aliphatic hydroxyl groups is 1. The molecular formula is C53H59N7O10. The summed E-state index contributed by atoms with van der Waals surface area (Å²) in [6.45, 7) is 4.10. The second-order valence-electron chi connectivity index (χ2n) is 17.6. The number of anilines is 2. The Hall–Kier alpha value is -7.63. The largest absolute Gasteiger partial charge is 0.497 e. The van der Waals surface area contributed by atoms with Gasteiger partial charge in [-0.15, -0.1) is 0 Å². The van der Waals surface area contributed by atoms with Crippen molar-refractivity contribution in [3.8, 4) is 5.75 Å². The van der Waals surface area contributed by atoms with E-state index < -0.39 is 60.0 Å². The summed E-state index contributed by atoms with van der Waals surface area (Å²) < 4.78 is 11.1. The summed E-state index contributed by atoms with van der Waals surface area (Å²) >= 11 is 0. The van der Waals surface area contributed by atoms with E-state index in [1.165, 1.54) is 17.1 Å². The molecule has 6 N–H and O–H groups in total. The zero-order chi connectivity index (χ0) is 49.9. The predicted octanol–water partition coefficient (Wildman–Crippen LogP) is 5.42. The van der Waals surface area contributed by atoms with Crippen molar-refractivity contribution >= 4 is 58.5 Å². The van der Waals surface area contributed by atoms with Gasteiger partial charge in [0.1, 0.15) is 24.4 Å². The predicted molar refractivity (Wildman–Crippen MR) is 262 cm³/mol. The number of imide groups is 1. The van der Waals surface area contributed by atoms with Crippen LogP contribution in [0.15, 0.2) is 109 Å². The molecule has 7 amide bonds. The Morgan fingerprint density at radius 1 is 0.800 bits per heavy atom. The van der Waals surface area contributed by atoms with Gasteiger partial charge in [0.2, 0.25) is 17.7 Å². The first-order valence-electron chi connectivity index (χ1n) is 23.4. The molecule has 0 saturated heterocycles. The first-order chi connectivity index (χ1) is 33.7. The van der Waals surface area contributed by atoms with Gasteiger partial charge in [-0.05, 0) is 129 Å². The lowest BCUT2D eigenvalue weighted by Crippen LogP contribution is -2.53. The van der Waals surface area contributed by atoms with Crippen LogP contribution in [0.25, 0.3) is 5.57 Å². The first-order valence-corrected chi connectivity index (χ1v) is 23.4. The maximum Gasteiger partial charge on any atom is 0.416 e. The van der Waals surface area contributed by atoms with E-state index in [4.69, 9.17) is 15.2 Å². The average molecular weight is 954 g/mol. The minimum atomic E-state index is -1.46. The number of rotatable bonds is 20. The maximum atomic E-state index is 14.1. The lowest BCUT2D eigenvalue weighted by molar-refractivity contribution is -0.136. The third-order valence-corrected chi connectivity index (χ3v) is 12.7. The Balaban J connectivity index is 0.987. The van der Waals surface area contributed by atoms with Crippen molar-refractivity contribution in [2.24, 2.45) is 5.73 Å². The van der Waals surface area contributed by atoms with Crippen LogP contribution in [0, 0.1) is 13.8 Å². The molecule has 0 fully saturated rings. The van der Waals surface area contributed by atoms with Gasteiger partial charge in [-0.1, -0.05) is 54.6 Å². The van der Waals surface area contributed by atoms with Gasteiger partial charge in [0.25, 0.3) is 17.7 Å². The summed E-state index contributed by atoms with van der Waals surface area (Å²) in [5.41, 5.74) is 11.3. The van der Waals surface area contributed by atoms with Crippen molar-refractivity contribution in [2.75, 3.05) is 30.4 Å². The van der Waals surface area contributed by atoms with Crippen LogP contribution in [0.1, 0.15) is 83.1 Å². The molecule has 0 bridgehead atoms. The van der Waals surface area contributed by atoms with Crippen LogP contribution in [-0.4, -0.2) is 101 Å². The highest BCUT2D eigenvalue weighted by Gasteiger charge is 2.45. The zero-order valence-electron chi connectivity index (χ0n) is 39.5. The number of nitrogens with two attached hydrogens (primary N) is 1. The van der Waals surface area contributed by atoms with Gasteiger partial charge < -0.3 is 41.2 Å². The lowest BCUT2D eigenvalue weighted by Gasteiger charge is -2.31. The first kappa shape index (κ1) is 50.3. The van der Waals surface area contributed by atoms with Crippen molar-refractivity contribution in [1.82, 2.24) is 20.4 Å². The third-order valence-electron chi connectivity index (χ3n) is 12.7. The number of carbonyl (C=O) groups excluding carboxylic acids is 7. The van der Waals surface area contributed by atoms with E-state index in [9.17, 15) is 38.7 Å². The molecule has 17 heteroatoms. The SMILES string of the molecule is COc1ccc(C2=CN3C(=O)c4cc(C)c(C)cc4N(C(=O)OCc4ccc(NC(=O)[C@H](CCCCN)NC(=O)[C@H](Cc5ccccc5)NC(=O)CCCCN5C(=O)C=CC5=O)cc4)[C@@H](O)[C@@H]3C2)cc1. The van der Waals surface area contributed by atoms with Crippen molar-refractivity contribution in [1.29, 1.82) is 0 Å². The molecule has 4 aromatic rings. The van der Waals surface area contributed by atoms with E-state index in [-0.39, 0.29) is 56.0 Å². The molecule has 0 unspecified atom stereocenters. The van der Waals surface area contributed by atoms with Crippen LogP contribution in [0.4, 0.5) is 16.2 Å². The summed E-state index contributed by atoms with van der Waals surface area (Å²) in [7, 11) is 1.58. The van der Waals surface area contributed by atoms with E-state index in [2.05, 4.69) is 16.0 Å². The fourth-order valence-electron chi connectivity index (χ4n) is 8.62. The summed E-state index contributed by atoms with van der Waals surface area (Å²) in [4.78, 5) is 96.7. The monoisotopic (exact) mass is 953 g/mol. The minimum absolute atomic E-state index is 0.0517. The van der Waals surface area contributed by atoms with E-state index in [0.717, 1.165) is 37.6 Å². The van der Waals surface area contributed by atoms with Crippen LogP contribution in [0.5, 0.6) is 5.75 Å². The number of nitrogens with one attached hydrogen (secondary N) is 3. The summed E-state index contributed by atoms with van der Waals surface area (Å²) in [5.74, 6) is -1.90. The molecule has 0 aromatic heterocycles. The highest BCUT2D eigenvalue weighted by Crippen LogP contribution is 2.40. The quantitative estimate of drug-likeness (QED) is 0.0555. The lowest BCUT2D eigenvalue weighted by atomic mass is 10.0. The fourth-order valence-corrected chi connectivity index (χ4v) is 8.62. The number of fused-ring (bicyclic) bond motifs is 2. The molecular weight excluding hydrogens is 895 g/mol. The van der Waals surface area contributed by atoms with Gasteiger partial charge >= 0.3 is 6.09 Å². The Morgan fingerprint density at radius 3 is 2.19 bits per heavy atom. The molecule has 0 radical (unpaired) electrons. The molecule has 7 rings (SSSR count). The number of carbonyl (C=O) groups is 7. The minimum Gasteiger partial charge on any atom is -0.497 e. The number of aryl methyl sites for hydroxylation is 2. The summed E-state index contributed by atoms with van der Waals surface area (Å²) in [6, 6.07) is 23.8. The van der Waals surface area contributed by atoms with Crippen molar-refractivity contribution in [2.45, 2.75) is 96.2 Å². The number of amides is 7. The number of unbranched alkanes of at least 4 members (excludes halogenated alkanes) is 2. The van der Waals surface area contributed by atoms with Crippen molar-refractivity contribution in [3.63, 3.8) is 0 Å². The molecule has 70 heavy (non-hydrogen) atoms. The molecule has 366 valence electrons. The molecule has 4 atom stereocenters. The number of ether oxygens (including phenoxy) is 2. The smallest absolute Gasteiger partial charge is 0.416 e. The molecule has 3 aliphatic rings. The number of hydrogen-bond donors (Lipinski definition) is 5. The van der Waals surface area contributed by atoms with Crippen molar-refractivity contribution < 1.29 is 48.1 Å².